The fraction of sp³-hybridized carbons (Fsp3) is 0.462. The molecule has 1 unspecified atom stereocenters. The molecular formula is C13H19FN2O. The van der Waals surface area contributed by atoms with Gasteiger partial charge in [0.1, 0.15) is 5.82 Å². The van der Waals surface area contributed by atoms with E-state index in [1.54, 1.807) is 12.1 Å². The average molecular weight is 238 g/mol. The Balaban J connectivity index is 2.68. The Labute approximate surface area is 101 Å². The van der Waals surface area contributed by atoms with Gasteiger partial charge in [0.25, 0.3) is 0 Å². The highest BCUT2D eigenvalue weighted by Gasteiger charge is 2.24. The summed E-state index contributed by atoms with van der Waals surface area (Å²) < 4.78 is 12.8. The minimum atomic E-state index is -0.332. The first kappa shape index (κ1) is 13.6. The van der Waals surface area contributed by atoms with E-state index in [2.05, 4.69) is 0 Å². The summed E-state index contributed by atoms with van der Waals surface area (Å²) in [5.41, 5.74) is 11.8. The third kappa shape index (κ3) is 4.53. The molecule has 1 atom stereocenters. The van der Waals surface area contributed by atoms with Crippen LogP contribution in [0.5, 0.6) is 0 Å². The Morgan fingerprint density at radius 2 is 1.88 bits per heavy atom. The van der Waals surface area contributed by atoms with Gasteiger partial charge < -0.3 is 11.5 Å². The first-order chi connectivity index (χ1) is 7.80. The minimum absolute atomic E-state index is 0.218. The van der Waals surface area contributed by atoms with Gasteiger partial charge in [0.05, 0.1) is 0 Å². The Hall–Kier alpha value is -1.42. The first-order valence-corrected chi connectivity index (χ1v) is 5.59. The lowest BCUT2D eigenvalue weighted by Gasteiger charge is -2.26. The van der Waals surface area contributed by atoms with Gasteiger partial charge in [-0.25, -0.2) is 4.39 Å². The molecule has 1 rings (SSSR count). The molecule has 0 fully saturated rings. The summed E-state index contributed by atoms with van der Waals surface area (Å²) in [6.07, 6.45) is 0.920. The number of amides is 1. The van der Waals surface area contributed by atoms with Gasteiger partial charge in [-0.3, -0.25) is 4.79 Å². The van der Waals surface area contributed by atoms with Crippen LogP contribution in [0.3, 0.4) is 0 Å². The number of primary amides is 1. The molecule has 0 aliphatic rings. The zero-order valence-corrected chi connectivity index (χ0v) is 10.2. The second-order valence-corrected chi connectivity index (χ2v) is 5.17. The number of benzene rings is 1. The van der Waals surface area contributed by atoms with Crippen LogP contribution in [-0.4, -0.2) is 5.91 Å². The van der Waals surface area contributed by atoms with Crippen molar-refractivity contribution in [3.63, 3.8) is 0 Å². The molecule has 0 heterocycles. The maximum atomic E-state index is 12.8. The molecule has 0 spiro atoms. The highest BCUT2D eigenvalue weighted by molar-refractivity contribution is 5.74. The van der Waals surface area contributed by atoms with Crippen LogP contribution < -0.4 is 11.5 Å². The van der Waals surface area contributed by atoms with E-state index in [1.165, 1.54) is 12.1 Å². The molecule has 0 aliphatic carbocycles. The second kappa shape index (κ2) is 5.27. The van der Waals surface area contributed by atoms with Crippen molar-refractivity contribution in [3.05, 3.63) is 35.6 Å². The lowest BCUT2D eigenvalue weighted by Crippen LogP contribution is -2.27. The minimum Gasteiger partial charge on any atom is -0.370 e. The van der Waals surface area contributed by atoms with Crippen molar-refractivity contribution < 1.29 is 9.18 Å². The fourth-order valence-electron chi connectivity index (χ4n) is 1.97. The average Bonchev–Trinajstić information content (AvgIpc) is 2.15. The van der Waals surface area contributed by atoms with E-state index in [0.29, 0.717) is 12.8 Å². The molecule has 17 heavy (non-hydrogen) atoms. The van der Waals surface area contributed by atoms with Crippen LogP contribution in [0.2, 0.25) is 0 Å². The van der Waals surface area contributed by atoms with Crippen LogP contribution in [0.25, 0.3) is 0 Å². The third-order valence-corrected chi connectivity index (χ3v) is 2.72. The molecule has 0 radical (unpaired) electrons. The van der Waals surface area contributed by atoms with E-state index in [0.717, 1.165) is 5.56 Å². The zero-order chi connectivity index (χ0) is 13.1. The lowest BCUT2D eigenvalue weighted by molar-refractivity contribution is -0.120. The van der Waals surface area contributed by atoms with E-state index >= 15 is 0 Å². The van der Waals surface area contributed by atoms with Crippen molar-refractivity contribution >= 4 is 5.91 Å². The van der Waals surface area contributed by atoms with E-state index in [4.69, 9.17) is 11.5 Å². The van der Waals surface area contributed by atoms with Crippen LogP contribution >= 0.6 is 0 Å². The van der Waals surface area contributed by atoms with Gasteiger partial charge in [0, 0.05) is 12.5 Å². The normalized spacial score (nSPS) is 13.4. The smallest absolute Gasteiger partial charge is 0.217 e. The Morgan fingerprint density at radius 1 is 1.35 bits per heavy atom. The molecule has 4 N–H and O–H groups in total. The first-order valence-electron chi connectivity index (χ1n) is 5.59. The van der Waals surface area contributed by atoms with Crippen LogP contribution in [0.15, 0.2) is 24.3 Å². The molecule has 1 amide bonds. The molecule has 3 nitrogen and oxygen atoms in total. The fourth-order valence-corrected chi connectivity index (χ4v) is 1.97. The van der Waals surface area contributed by atoms with Gasteiger partial charge in [0.15, 0.2) is 0 Å². The largest absolute Gasteiger partial charge is 0.370 e. The molecule has 1 aromatic carbocycles. The number of hydrogen-bond acceptors (Lipinski definition) is 2. The molecule has 0 bridgehead atoms. The van der Waals surface area contributed by atoms with Crippen molar-refractivity contribution in [1.82, 2.24) is 0 Å². The Kier molecular flexibility index (Phi) is 4.23. The van der Waals surface area contributed by atoms with Crippen LogP contribution in [-0.2, 0) is 4.79 Å². The Morgan fingerprint density at radius 3 is 2.35 bits per heavy atom. The summed E-state index contributed by atoms with van der Waals surface area (Å²) in [5.74, 6) is -0.612. The number of nitrogens with two attached hydrogens (primary N) is 2. The molecule has 0 aromatic heterocycles. The van der Waals surface area contributed by atoms with E-state index < -0.39 is 0 Å². The predicted octanol–water partition coefficient (Wildman–Crippen LogP) is 2.12. The standard InChI is InChI=1S/C13H19FN2O/c1-13(2,8-12(16)17)7-11(15)9-3-5-10(14)6-4-9/h3-6,11H,7-8,15H2,1-2H3,(H2,16,17). The van der Waals surface area contributed by atoms with Gasteiger partial charge in [-0.05, 0) is 29.5 Å². The third-order valence-electron chi connectivity index (χ3n) is 2.72. The molecule has 0 saturated heterocycles. The van der Waals surface area contributed by atoms with Gasteiger partial charge in [-0.2, -0.15) is 0 Å². The topological polar surface area (TPSA) is 69.1 Å². The van der Waals surface area contributed by atoms with Crippen molar-refractivity contribution in [3.8, 4) is 0 Å². The number of halogens is 1. The summed E-state index contributed by atoms with van der Waals surface area (Å²) in [4.78, 5) is 10.9. The zero-order valence-electron chi connectivity index (χ0n) is 10.2. The van der Waals surface area contributed by atoms with Crippen LogP contribution in [0.1, 0.15) is 38.3 Å². The molecule has 1 aromatic rings. The number of carbonyl (C=O) groups excluding carboxylic acids is 1. The molecule has 0 aliphatic heterocycles. The van der Waals surface area contributed by atoms with Gasteiger partial charge >= 0.3 is 0 Å². The van der Waals surface area contributed by atoms with Crippen LogP contribution in [0.4, 0.5) is 4.39 Å². The summed E-state index contributed by atoms with van der Waals surface area (Å²) in [7, 11) is 0. The SMILES string of the molecule is CC(C)(CC(N)=O)CC(N)c1ccc(F)cc1. The summed E-state index contributed by atoms with van der Waals surface area (Å²) in [6, 6.07) is 5.89. The number of carbonyl (C=O) groups is 1. The van der Waals surface area contributed by atoms with Crippen LogP contribution in [0, 0.1) is 11.2 Å². The maximum absolute atomic E-state index is 12.8. The molecular weight excluding hydrogens is 219 g/mol. The van der Waals surface area contributed by atoms with Crippen molar-refractivity contribution in [1.29, 1.82) is 0 Å². The summed E-state index contributed by atoms with van der Waals surface area (Å²) >= 11 is 0. The predicted molar refractivity (Wildman–Crippen MR) is 65.5 cm³/mol. The maximum Gasteiger partial charge on any atom is 0.217 e. The van der Waals surface area contributed by atoms with Crippen molar-refractivity contribution in [2.24, 2.45) is 16.9 Å². The summed E-state index contributed by atoms with van der Waals surface area (Å²) in [6.45, 7) is 3.89. The van der Waals surface area contributed by atoms with Gasteiger partial charge in [0.2, 0.25) is 5.91 Å². The highest BCUT2D eigenvalue weighted by atomic mass is 19.1. The quantitative estimate of drug-likeness (QED) is 0.825. The van der Waals surface area contributed by atoms with Crippen molar-refractivity contribution in [2.75, 3.05) is 0 Å². The van der Waals surface area contributed by atoms with Gasteiger partial charge in [-0.1, -0.05) is 26.0 Å². The van der Waals surface area contributed by atoms with Crippen molar-refractivity contribution in [2.45, 2.75) is 32.7 Å². The molecule has 94 valence electrons. The van der Waals surface area contributed by atoms with Gasteiger partial charge in [-0.15, -0.1) is 0 Å². The second-order valence-electron chi connectivity index (χ2n) is 5.17. The highest BCUT2D eigenvalue weighted by Crippen LogP contribution is 2.31. The summed E-state index contributed by atoms with van der Waals surface area (Å²) in [5, 5.41) is 0. The molecule has 0 saturated carbocycles. The van der Waals surface area contributed by atoms with E-state index in [1.807, 2.05) is 13.8 Å². The van der Waals surface area contributed by atoms with E-state index in [-0.39, 0.29) is 23.2 Å². The molecule has 4 heteroatoms. The lowest BCUT2D eigenvalue weighted by atomic mass is 9.81. The van der Waals surface area contributed by atoms with E-state index in [9.17, 15) is 9.18 Å². The monoisotopic (exact) mass is 238 g/mol. The number of hydrogen-bond donors (Lipinski definition) is 2. The number of rotatable bonds is 5. The Bertz CT molecular complexity index is 387.